The van der Waals surface area contributed by atoms with Gasteiger partial charge in [-0.3, -0.25) is 4.79 Å². The molecule has 4 saturated carbocycles. The van der Waals surface area contributed by atoms with Crippen LogP contribution in [0.1, 0.15) is 119 Å². The van der Waals surface area contributed by atoms with Gasteiger partial charge in [0.1, 0.15) is 0 Å². The van der Waals surface area contributed by atoms with E-state index in [1.807, 2.05) is 19.1 Å². The molecule has 4 aliphatic rings. The van der Waals surface area contributed by atoms with Crippen molar-refractivity contribution in [1.82, 2.24) is 4.72 Å². The van der Waals surface area contributed by atoms with Gasteiger partial charge in [-0.05, 0) is 127 Å². The van der Waals surface area contributed by atoms with Gasteiger partial charge < -0.3 is 10.2 Å². The Morgan fingerprint density at radius 2 is 1.57 bits per heavy atom. The second-order valence-corrected chi connectivity index (χ2v) is 18.7. The number of fused-ring (bicyclic) bond motifs is 5. The second-order valence-electron chi connectivity index (χ2n) is 17.0. The Labute approximate surface area is 267 Å². The van der Waals surface area contributed by atoms with Crippen molar-refractivity contribution in [3.63, 3.8) is 0 Å². The summed E-state index contributed by atoms with van der Waals surface area (Å²) in [5.41, 5.74) is 1.24. The Hall–Kier alpha value is -1.44. The molecule has 3 N–H and O–H groups in total. The molecule has 4 aliphatic carbocycles. The summed E-state index contributed by atoms with van der Waals surface area (Å²) < 4.78 is 28.5. The highest BCUT2D eigenvalue weighted by Crippen LogP contribution is 2.69. The van der Waals surface area contributed by atoms with E-state index in [4.69, 9.17) is 0 Å². The van der Waals surface area contributed by atoms with E-state index in [1.54, 1.807) is 12.1 Å². The Morgan fingerprint density at radius 3 is 2.18 bits per heavy atom. The first-order valence-electron chi connectivity index (χ1n) is 17.5. The van der Waals surface area contributed by atoms with Crippen LogP contribution in [-0.2, 0) is 20.2 Å². The number of sulfonamides is 1. The van der Waals surface area contributed by atoms with Crippen LogP contribution in [0.15, 0.2) is 29.2 Å². The monoisotopic (exact) mass is 629 g/mol. The van der Waals surface area contributed by atoms with Gasteiger partial charge in [0.2, 0.25) is 5.91 Å². The van der Waals surface area contributed by atoms with Crippen molar-refractivity contribution in [3.8, 4) is 0 Å². The van der Waals surface area contributed by atoms with E-state index in [2.05, 4.69) is 53.2 Å². The molecule has 6 nitrogen and oxygen atoms in total. The number of carbonyl (C=O) groups is 1. The minimum absolute atomic E-state index is 0.0854. The highest BCUT2D eigenvalue weighted by atomic mass is 32.2. The molecular formula is C37H59NO5S. The first kappa shape index (κ1) is 33.9. The van der Waals surface area contributed by atoms with Gasteiger partial charge in [-0.25, -0.2) is 13.1 Å². The van der Waals surface area contributed by atoms with Crippen LogP contribution in [-0.4, -0.2) is 36.7 Å². The maximum atomic E-state index is 13.2. The smallest absolute Gasteiger partial charge is 0.264 e. The zero-order chi connectivity index (χ0) is 32.4. The van der Waals surface area contributed by atoms with E-state index in [1.165, 1.54) is 0 Å². The molecule has 5 rings (SSSR count). The topological polar surface area (TPSA) is 104 Å². The van der Waals surface area contributed by atoms with E-state index in [0.29, 0.717) is 36.0 Å². The van der Waals surface area contributed by atoms with Crippen LogP contribution >= 0.6 is 0 Å². The summed E-state index contributed by atoms with van der Waals surface area (Å²) in [4.78, 5) is 13.3. The molecule has 0 saturated heterocycles. The van der Waals surface area contributed by atoms with Crippen LogP contribution in [0.3, 0.4) is 0 Å². The van der Waals surface area contributed by atoms with Gasteiger partial charge in [0, 0.05) is 5.92 Å². The van der Waals surface area contributed by atoms with Gasteiger partial charge >= 0.3 is 0 Å². The normalized spacial score (nSPS) is 40.3. The Bertz CT molecular complexity index is 1300. The quantitative estimate of drug-likeness (QED) is 0.299. The molecule has 0 heterocycles. The molecule has 1 aromatic carbocycles. The maximum Gasteiger partial charge on any atom is 0.264 e. The fourth-order valence-electron chi connectivity index (χ4n) is 11.2. The molecule has 1 unspecified atom stereocenters. The van der Waals surface area contributed by atoms with Crippen LogP contribution in [0.25, 0.3) is 0 Å². The summed E-state index contributed by atoms with van der Waals surface area (Å²) in [5, 5.41) is 22.5. The van der Waals surface area contributed by atoms with Crippen molar-refractivity contribution in [3.05, 3.63) is 29.8 Å². The number of rotatable bonds is 7. The molecule has 0 radical (unpaired) electrons. The predicted molar refractivity (Wildman–Crippen MR) is 175 cm³/mol. The van der Waals surface area contributed by atoms with E-state index in [0.717, 1.165) is 56.9 Å². The molecule has 1 amide bonds. The molecule has 12 atom stereocenters. The average molecular weight is 630 g/mol. The first-order valence-corrected chi connectivity index (χ1v) is 19.0. The summed E-state index contributed by atoms with van der Waals surface area (Å²) >= 11 is 0. The lowest BCUT2D eigenvalue weighted by Gasteiger charge is -2.64. The fourth-order valence-corrected chi connectivity index (χ4v) is 12.3. The molecule has 0 bridgehead atoms. The summed E-state index contributed by atoms with van der Waals surface area (Å²) in [5.74, 6) is 1.73. The van der Waals surface area contributed by atoms with Gasteiger partial charge in [-0.1, -0.05) is 73.9 Å². The zero-order valence-electron chi connectivity index (χ0n) is 28.5. The predicted octanol–water partition coefficient (Wildman–Crippen LogP) is 7.08. The van der Waals surface area contributed by atoms with Crippen molar-refractivity contribution < 1.29 is 23.4 Å². The van der Waals surface area contributed by atoms with Crippen LogP contribution in [0.5, 0.6) is 0 Å². The number of aliphatic hydroxyl groups is 2. The number of amides is 1. The number of carbonyl (C=O) groups excluding carboxylic acids is 1. The van der Waals surface area contributed by atoms with Crippen LogP contribution in [0, 0.1) is 58.2 Å². The van der Waals surface area contributed by atoms with E-state index < -0.39 is 21.8 Å². The van der Waals surface area contributed by atoms with Crippen LogP contribution < -0.4 is 4.72 Å². The molecule has 1 aromatic rings. The van der Waals surface area contributed by atoms with Gasteiger partial charge in [0.25, 0.3) is 10.0 Å². The third-order valence-electron chi connectivity index (χ3n) is 13.6. The lowest BCUT2D eigenvalue weighted by molar-refractivity contribution is -0.203. The highest BCUT2D eigenvalue weighted by Gasteiger charge is 2.64. The standard InChI is InChI=1S/C37H59NO5S/c1-9-27-31-21-25(39)16-18-37(31,8)30-17-19-36(7)28(14-15-29(36)32(30)33(27)40)22(2)20-23(3)34(41)38-44(42,43)26-12-10-24(11-13-26)35(4,5)6/h10-13,22-23,25,27-33,39-40H,9,14-21H2,1-8H3,(H,38,41)/t22-,23-,25-,27-,28-,29+,30+,31+,32+,33-,36-,37?/m1/s1. The minimum Gasteiger partial charge on any atom is -0.393 e. The van der Waals surface area contributed by atoms with E-state index in [-0.39, 0.29) is 45.2 Å². The number of hydrogen-bond acceptors (Lipinski definition) is 5. The SMILES string of the molecule is CC[C@H]1[C@@H](O)[C@@H]2[C@H](CC[C@]3(C)[C@@H]([C@H](C)C[C@@H](C)C(=O)NS(=O)(=O)c4ccc(C(C)(C)C)cc4)CC[C@@H]23)C2(C)CC[C@@H](O)C[C@@H]12. The van der Waals surface area contributed by atoms with Gasteiger partial charge in [-0.2, -0.15) is 0 Å². The molecule has 0 spiro atoms. The summed E-state index contributed by atoms with van der Waals surface area (Å²) in [6.07, 6.45) is 8.28. The third-order valence-corrected chi connectivity index (χ3v) is 15.0. The largest absolute Gasteiger partial charge is 0.393 e. The van der Waals surface area contributed by atoms with Crippen molar-refractivity contribution >= 4 is 15.9 Å². The van der Waals surface area contributed by atoms with Crippen LogP contribution in [0.4, 0.5) is 0 Å². The highest BCUT2D eigenvalue weighted by molar-refractivity contribution is 7.90. The Kier molecular flexibility index (Phi) is 9.23. The number of hydrogen-bond donors (Lipinski definition) is 3. The summed E-state index contributed by atoms with van der Waals surface area (Å²) in [7, 11) is -3.94. The molecule has 248 valence electrons. The van der Waals surface area contributed by atoms with Gasteiger partial charge in [0.05, 0.1) is 17.1 Å². The van der Waals surface area contributed by atoms with Crippen molar-refractivity contribution in [2.45, 2.75) is 136 Å². The summed E-state index contributed by atoms with van der Waals surface area (Å²) in [6.45, 7) is 17.5. The van der Waals surface area contributed by atoms with Crippen molar-refractivity contribution in [2.24, 2.45) is 58.2 Å². The molecule has 44 heavy (non-hydrogen) atoms. The van der Waals surface area contributed by atoms with Gasteiger partial charge in [-0.15, -0.1) is 0 Å². The lowest BCUT2D eigenvalue weighted by atomic mass is 9.41. The molecule has 7 heteroatoms. The van der Waals surface area contributed by atoms with Crippen molar-refractivity contribution in [2.75, 3.05) is 0 Å². The third kappa shape index (κ3) is 5.81. The van der Waals surface area contributed by atoms with Crippen molar-refractivity contribution in [1.29, 1.82) is 0 Å². The fraction of sp³-hybridized carbons (Fsp3) is 0.811. The number of aliphatic hydroxyl groups excluding tert-OH is 2. The van der Waals surface area contributed by atoms with E-state index >= 15 is 0 Å². The van der Waals surface area contributed by atoms with Crippen LogP contribution in [0.2, 0.25) is 0 Å². The lowest BCUT2D eigenvalue weighted by Crippen LogP contribution is -2.62. The number of benzene rings is 1. The molecule has 4 fully saturated rings. The first-order chi connectivity index (χ1) is 20.4. The summed E-state index contributed by atoms with van der Waals surface area (Å²) in [6, 6.07) is 6.81. The average Bonchev–Trinajstić information content (AvgIpc) is 3.30. The van der Waals surface area contributed by atoms with E-state index in [9.17, 15) is 23.4 Å². The van der Waals surface area contributed by atoms with Gasteiger partial charge in [0.15, 0.2) is 0 Å². The zero-order valence-corrected chi connectivity index (χ0v) is 29.3. The molecular weight excluding hydrogens is 570 g/mol. The molecule has 0 aromatic heterocycles. The second kappa shape index (κ2) is 12.0. The Balaban J connectivity index is 1.27. The minimum atomic E-state index is -3.94. The number of nitrogens with one attached hydrogen (secondary N) is 1. The Morgan fingerprint density at radius 1 is 0.955 bits per heavy atom. The molecule has 0 aliphatic heterocycles. The maximum absolute atomic E-state index is 13.2.